The van der Waals surface area contributed by atoms with Gasteiger partial charge in [-0.1, -0.05) is 0 Å². The van der Waals surface area contributed by atoms with Crippen molar-refractivity contribution in [2.24, 2.45) is 0 Å². The molecule has 2 aliphatic heterocycles. The van der Waals surface area contributed by atoms with Gasteiger partial charge in [0.25, 0.3) is 0 Å². The van der Waals surface area contributed by atoms with E-state index >= 15 is 0 Å². The number of halogens is 2. The maximum atomic E-state index is 13.8. The van der Waals surface area contributed by atoms with Crippen molar-refractivity contribution >= 4 is 17.5 Å². The lowest BCUT2D eigenvalue weighted by Gasteiger charge is -2.37. The van der Waals surface area contributed by atoms with Crippen molar-refractivity contribution in [3.05, 3.63) is 29.8 Å². The lowest BCUT2D eigenvalue weighted by molar-refractivity contribution is -0.142. The number of carbonyl (C=O) groups is 2. The number of benzene rings is 1. The zero-order valence-electron chi connectivity index (χ0n) is 13.5. The highest BCUT2D eigenvalue weighted by Gasteiger charge is 2.26. The van der Waals surface area contributed by atoms with Gasteiger partial charge in [-0.15, -0.1) is 0 Å². The molecule has 130 valence electrons. The standard InChI is InChI=1S/C17H21F2N3O2/c18-13-4-5-14(19)15(11-13)20-7-9-21(10-8-20)17(24)12-22-6-2-1-3-16(22)23/h4-5,11H,1-3,6-10,12H2. The number of hydrogen-bond acceptors (Lipinski definition) is 3. The quantitative estimate of drug-likeness (QED) is 0.842. The van der Waals surface area contributed by atoms with E-state index in [0.29, 0.717) is 39.1 Å². The molecule has 0 aliphatic carbocycles. The largest absolute Gasteiger partial charge is 0.366 e. The van der Waals surface area contributed by atoms with Crippen LogP contribution in [0.15, 0.2) is 18.2 Å². The predicted molar refractivity (Wildman–Crippen MR) is 85.6 cm³/mol. The molecular formula is C17H21F2N3O2. The van der Waals surface area contributed by atoms with Gasteiger partial charge in [0.05, 0.1) is 12.2 Å². The summed E-state index contributed by atoms with van der Waals surface area (Å²) in [4.78, 5) is 29.2. The Labute approximate surface area is 139 Å². The Kier molecular flexibility index (Phi) is 4.97. The second-order valence-electron chi connectivity index (χ2n) is 6.24. The topological polar surface area (TPSA) is 43.9 Å². The lowest BCUT2D eigenvalue weighted by atomic mass is 10.1. The monoisotopic (exact) mass is 337 g/mol. The summed E-state index contributed by atoms with van der Waals surface area (Å²) in [6.45, 7) is 2.53. The number of likely N-dealkylation sites (tertiary alicyclic amines) is 1. The number of hydrogen-bond donors (Lipinski definition) is 0. The molecule has 0 spiro atoms. The van der Waals surface area contributed by atoms with Gasteiger partial charge in [0, 0.05) is 45.2 Å². The molecule has 0 N–H and O–H groups in total. The average molecular weight is 337 g/mol. The third kappa shape index (κ3) is 3.66. The van der Waals surface area contributed by atoms with Crippen molar-refractivity contribution in [3.8, 4) is 0 Å². The van der Waals surface area contributed by atoms with Crippen LogP contribution in [-0.2, 0) is 9.59 Å². The van der Waals surface area contributed by atoms with Crippen LogP contribution in [-0.4, -0.2) is 60.9 Å². The molecule has 5 nitrogen and oxygen atoms in total. The van der Waals surface area contributed by atoms with Gasteiger partial charge >= 0.3 is 0 Å². The Bertz CT molecular complexity index is 630. The van der Waals surface area contributed by atoms with Crippen LogP contribution in [0.1, 0.15) is 19.3 Å². The van der Waals surface area contributed by atoms with Gasteiger partial charge in [0.1, 0.15) is 11.6 Å². The Hall–Kier alpha value is -2.18. The molecular weight excluding hydrogens is 316 g/mol. The van der Waals surface area contributed by atoms with Crippen LogP contribution in [0.25, 0.3) is 0 Å². The number of piperazine rings is 1. The minimum absolute atomic E-state index is 0.0371. The first-order valence-corrected chi connectivity index (χ1v) is 8.30. The number of amides is 2. The third-order valence-corrected chi connectivity index (χ3v) is 4.63. The summed E-state index contributed by atoms with van der Waals surface area (Å²) in [5.74, 6) is -0.983. The van der Waals surface area contributed by atoms with Gasteiger partial charge in [-0.05, 0) is 25.0 Å². The first-order chi connectivity index (χ1) is 11.5. The normalized spacial score (nSPS) is 18.9. The summed E-state index contributed by atoms with van der Waals surface area (Å²) in [7, 11) is 0. The fourth-order valence-electron chi connectivity index (χ4n) is 3.22. The lowest BCUT2D eigenvalue weighted by Crippen LogP contribution is -2.52. The van der Waals surface area contributed by atoms with Crippen LogP contribution < -0.4 is 4.90 Å². The molecule has 0 saturated carbocycles. The van der Waals surface area contributed by atoms with E-state index in [0.717, 1.165) is 25.0 Å². The van der Waals surface area contributed by atoms with Crippen LogP contribution in [0.2, 0.25) is 0 Å². The Balaban J connectivity index is 1.55. The summed E-state index contributed by atoms with van der Waals surface area (Å²) in [6.07, 6.45) is 2.34. The highest BCUT2D eigenvalue weighted by molar-refractivity contribution is 5.85. The molecule has 0 atom stereocenters. The van der Waals surface area contributed by atoms with Crippen LogP contribution in [0, 0.1) is 11.6 Å². The molecule has 0 unspecified atom stereocenters. The van der Waals surface area contributed by atoms with Gasteiger partial charge in [-0.3, -0.25) is 9.59 Å². The highest BCUT2D eigenvalue weighted by atomic mass is 19.1. The third-order valence-electron chi connectivity index (χ3n) is 4.63. The van der Waals surface area contributed by atoms with Crippen LogP contribution in [0.5, 0.6) is 0 Å². The molecule has 2 aliphatic rings. The van der Waals surface area contributed by atoms with E-state index in [1.54, 1.807) is 14.7 Å². The average Bonchev–Trinajstić information content (AvgIpc) is 2.59. The molecule has 3 rings (SSSR count). The second-order valence-corrected chi connectivity index (χ2v) is 6.24. The summed E-state index contributed by atoms with van der Waals surface area (Å²) in [5.41, 5.74) is 0.230. The number of anilines is 1. The molecule has 2 saturated heterocycles. The number of piperidine rings is 1. The van der Waals surface area contributed by atoms with Crippen LogP contribution in [0.3, 0.4) is 0 Å². The van der Waals surface area contributed by atoms with E-state index in [2.05, 4.69) is 0 Å². The van der Waals surface area contributed by atoms with Crippen molar-refractivity contribution in [2.75, 3.05) is 44.2 Å². The molecule has 24 heavy (non-hydrogen) atoms. The fraction of sp³-hybridized carbons (Fsp3) is 0.529. The van der Waals surface area contributed by atoms with Crippen LogP contribution >= 0.6 is 0 Å². The summed E-state index contributed by atoms with van der Waals surface area (Å²) in [6, 6.07) is 3.39. The minimum Gasteiger partial charge on any atom is -0.366 e. The number of carbonyl (C=O) groups excluding carboxylic acids is 2. The first kappa shape index (κ1) is 16.7. The smallest absolute Gasteiger partial charge is 0.242 e. The van der Waals surface area contributed by atoms with Crippen molar-refractivity contribution in [3.63, 3.8) is 0 Å². The molecule has 2 heterocycles. The van der Waals surface area contributed by atoms with E-state index in [4.69, 9.17) is 0 Å². The first-order valence-electron chi connectivity index (χ1n) is 8.30. The van der Waals surface area contributed by atoms with Gasteiger partial charge in [-0.2, -0.15) is 0 Å². The van der Waals surface area contributed by atoms with E-state index in [9.17, 15) is 18.4 Å². The predicted octanol–water partition coefficient (Wildman–Crippen LogP) is 1.63. The van der Waals surface area contributed by atoms with E-state index in [-0.39, 0.29) is 24.0 Å². The zero-order valence-corrected chi connectivity index (χ0v) is 13.5. The maximum absolute atomic E-state index is 13.8. The van der Waals surface area contributed by atoms with Gasteiger partial charge in [0.2, 0.25) is 11.8 Å². The fourth-order valence-corrected chi connectivity index (χ4v) is 3.22. The second kappa shape index (κ2) is 7.15. The van der Waals surface area contributed by atoms with Crippen LogP contribution in [0.4, 0.5) is 14.5 Å². The number of rotatable bonds is 3. The zero-order chi connectivity index (χ0) is 17.1. The molecule has 0 bridgehead atoms. The summed E-state index contributed by atoms with van der Waals surface area (Å²) < 4.78 is 27.1. The SMILES string of the molecule is O=C(CN1CCCCC1=O)N1CCN(c2cc(F)ccc2F)CC1. The van der Waals surface area contributed by atoms with Gasteiger partial charge in [-0.25, -0.2) is 8.78 Å². The van der Waals surface area contributed by atoms with Gasteiger partial charge < -0.3 is 14.7 Å². The Morgan fingerprint density at radius 1 is 1.04 bits per heavy atom. The molecule has 1 aromatic rings. The molecule has 2 fully saturated rings. The van der Waals surface area contributed by atoms with Crippen molar-refractivity contribution in [1.82, 2.24) is 9.80 Å². The van der Waals surface area contributed by atoms with Crippen molar-refractivity contribution in [2.45, 2.75) is 19.3 Å². The molecule has 7 heteroatoms. The van der Waals surface area contributed by atoms with Crippen molar-refractivity contribution in [1.29, 1.82) is 0 Å². The Morgan fingerprint density at radius 3 is 2.50 bits per heavy atom. The molecule has 0 aromatic heterocycles. The minimum atomic E-state index is -0.478. The molecule has 0 radical (unpaired) electrons. The molecule has 2 amide bonds. The van der Waals surface area contributed by atoms with E-state index in [1.807, 2.05) is 0 Å². The summed E-state index contributed by atoms with van der Waals surface area (Å²) >= 11 is 0. The molecule has 1 aromatic carbocycles. The van der Waals surface area contributed by atoms with Gasteiger partial charge in [0.15, 0.2) is 0 Å². The summed E-state index contributed by atoms with van der Waals surface area (Å²) in [5, 5.41) is 0. The van der Waals surface area contributed by atoms with E-state index < -0.39 is 11.6 Å². The van der Waals surface area contributed by atoms with Crippen molar-refractivity contribution < 1.29 is 18.4 Å². The highest BCUT2D eigenvalue weighted by Crippen LogP contribution is 2.22. The van der Waals surface area contributed by atoms with E-state index in [1.165, 1.54) is 6.07 Å². The Morgan fingerprint density at radius 2 is 1.79 bits per heavy atom. The number of nitrogens with zero attached hydrogens (tertiary/aromatic N) is 3. The maximum Gasteiger partial charge on any atom is 0.242 e.